The highest BCUT2D eigenvalue weighted by Crippen LogP contribution is 2.18. The molecule has 0 aromatic heterocycles. The third kappa shape index (κ3) is 5.10. The number of benzene rings is 1. The van der Waals surface area contributed by atoms with Crippen molar-refractivity contribution in [1.82, 2.24) is 9.80 Å². The molecule has 1 aliphatic heterocycles. The largest absolute Gasteiger partial charge is 0.489 e. The van der Waals surface area contributed by atoms with Gasteiger partial charge in [0.05, 0.1) is 0 Å². The van der Waals surface area contributed by atoms with E-state index in [1.54, 1.807) is 0 Å². The van der Waals surface area contributed by atoms with Crippen molar-refractivity contribution in [2.24, 2.45) is 0 Å². The maximum atomic E-state index is 12.6. The summed E-state index contributed by atoms with van der Waals surface area (Å²) in [6.07, 6.45) is 3.68. The normalized spacial score (nSPS) is 18.5. The van der Waals surface area contributed by atoms with Gasteiger partial charge in [-0.15, -0.1) is 0 Å². The fourth-order valence-corrected chi connectivity index (χ4v) is 2.89. The molecule has 0 aliphatic carbocycles. The molecule has 126 valence electrons. The van der Waals surface area contributed by atoms with Crippen molar-refractivity contribution in [3.8, 4) is 5.75 Å². The molecule has 2 rings (SSSR count). The molecule has 1 aromatic rings. The topological polar surface area (TPSA) is 32.8 Å². The number of hydrogen-bond donors (Lipinski definition) is 0. The molecule has 1 unspecified atom stereocenters. The highest BCUT2D eigenvalue weighted by atomic mass is 16.5. The van der Waals surface area contributed by atoms with Crippen molar-refractivity contribution < 1.29 is 9.53 Å². The average molecular weight is 316 g/mol. The highest BCUT2D eigenvalue weighted by Gasteiger charge is 2.22. The van der Waals surface area contributed by atoms with E-state index >= 15 is 0 Å². The van der Waals surface area contributed by atoms with E-state index in [4.69, 9.17) is 4.74 Å². The van der Waals surface area contributed by atoms with Crippen LogP contribution < -0.4 is 4.74 Å². The van der Waals surface area contributed by atoms with Crippen molar-refractivity contribution in [2.75, 3.05) is 33.8 Å². The first-order valence-electron chi connectivity index (χ1n) is 8.30. The zero-order valence-electron chi connectivity index (χ0n) is 14.5. The van der Waals surface area contributed by atoms with E-state index in [0.717, 1.165) is 24.4 Å². The molecule has 1 aliphatic rings. The monoisotopic (exact) mass is 316 g/mol. The summed E-state index contributed by atoms with van der Waals surface area (Å²) >= 11 is 0. The van der Waals surface area contributed by atoms with Crippen molar-refractivity contribution in [2.45, 2.75) is 32.2 Å². The summed E-state index contributed by atoms with van der Waals surface area (Å²) in [6.45, 7) is 8.15. The van der Waals surface area contributed by atoms with E-state index in [2.05, 4.69) is 18.5 Å². The SMILES string of the molecule is C=C(C)COc1ccc(C(=O)N(C)CC2CCCCN2C)cc1. The predicted octanol–water partition coefficient (Wildman–Crippen LogP) is 3.20. The Morgan fingerprint density at radius 1 is 1.35 bits per heavy atom. The second-order valence-corrected chi connectivity index (χ2v) is 6.59. The quantitative estimate of drug-likeness (QED) is 0.756. The molecular weight excluding hydrogens is 288 g/mol. The number of rotatable bonds is 6. The summed E-state index contributed by atoms with van der Waals surface area (Å²) in [7, 11) is 4.03. The lowest BCUT2D eigenvalue weighted by atomic mass is 10.0. The fourth-order valence-electron chi connectivity index (χ4n) is 2.89. The minimum Gasteiger partial charge on any atom is -0.489 e. The van der Waals surface area contributed by atoms with Crippen LogP contribution in [0.3, 0.4) is 0 Å². The van der Waals surface area contributed by atoms with Crippen LogP contribution in [0.2, 0.25) is 0 Å². The Hall–Kier alpha value is -1.81. The van der Waals surface area contributed by atoms with Gasteiger partial charge in [0.15, 0.2) is 0 Å². The number of hydrogen-bond acceptors (Lipinski definition) is 3. The third-order valence-corrected chi connectivity index (χ3v) is 4.34. The zero-order chi connectivity index (χ0) is 16.8. The lowest BCUT2D eigenvalue weighted by Gasteiger charge is -2.35. The fraction of sp³-hybridized carbons (Fsp3) is 0.526. The lowest BCUT2D eigenvalue weighted by Crippen LogP contribution is -2.45. The Kier molecular flexibility index (Phi) is 6.22. The molecule has 1 saturated heterocycles. The first kappa shape index (κ1) is 17.5. The third-order valence-electron chi connectivity index (χ3n) is 4.34. The molecule has 4 nitrogen and oxygen atoms in total. The van der Waals surface area contributed by atoms with Crippen molar-refractivity contribution in [3.63, 3.8) is 0 Å². The van der Waals surface area contributed by atoms with Crippen LogP contribution in [-0.4, -0.2) is 55.5 Å². The van der Waals surface area contributed by atoms with Gasteiger partial charge in [-0.1, -0.05) is 13.0 Å². The maximum absolute atomic E-state index is 12.6. The Morgan fingerprint density at radius 2 is 2.04 bits per heavy atom. The zero-order valence-corrected chi connectivity index (χ0v) is 14.5. The first-order chi connectivity index (χ1) is 11.0. The van der Waals surface area contributed by atoms with E-state index in [-0.39, 0.29) is 5.91 Å². The summed E-state index contributed by atoms with van der Waals surface area (Å²) in [6, 6.07) is 7.82. The summed E-state index contributed by atoms with van der Waals surface area (Å²) in [5, 5.41) is 0. The van der Waals surface area contributed by atoms with Crippen LogP contribution in [0, 0.1) is 0 Å². The molecular formula is C19H28N2O2. The molecule has 0 saturated carbocycles. The number of ether oxygens (including phenoxy) is 1. The molecule has 0 bridgehead atoms. The van der Waals surface area contributed by atoms with E-state index < -0.39 is 0 Å². The van der Waals surface area contributed by atoms with Gasteiger partial charge in [0.25, 0.3) is 5.91 Å². The van der Waals surface area contributed by atoms with Gasteiger partial charge in [0.1, 0.15) is 12.4 Å². The Balaban J connectivity index is 1.92. The van der Waals surface area contributed by atoms with Gasteiger partial charge >= 0.3 is 0 Å². The highest BCUT2D eigenvalue weighted by molar-refractivity contribution is 5.94. The number of likely N-dealkylation sites (tertiary alicyclic amines) is 1. The van der Waals surface area contributed by atoms with E-state index in [1.165, 1.54) is 19.3 Å². The molecule has 1 fully saturated rings. The molecule has 23 heavy (non-hydrogen) atoms. The van der Waals surface area contributed by atoms with Crippen LogP contribution in [0.25, 0.3) is 0 Å². The first-order valence-corrected chi connectivity index (χ1v) is 8.30. The van der Waals surface area contributed by atoms with E-state index in [0.29, 0.717) is 18.2 Å². The van der Waals surface area contributed by atoms with Crippen LogP contribution in [0.1, 0.15) is 36.5 Å². The average Bonchev–Trinajstić information content (AvgIpc) is 2.54. The molecule has 1 amide bonds. The van der Waals surface area contributed by atoms with Crippen LogP contribution in [-0.2, 0) is 0 Å². The maximum Gasteiger partial charge on any atom is 0.253 e. The van der Waals surface area contributed by atoms with Crippen LogP contribution in [0.15, 0.2) is 36.4 Å². The molecule has 1 heterocycles. The molecule has 1 atom stereocenters. The Labute approximate surface area is 139 Å². The van der Waals surface area contributed by atoms with Gasteiger partial charge in [-0.3, -0.25) is 4.79 Å². The lowest BCUT2D eigenvalue weighted by molar-refractivity contribution is 0.0717. The van der Waals surface area contributed by atoms with Crippen LogP contribution >= 0.6 is 0 Å². The van der Waals surface area contributed by atoms with Crippen molar-refractivity contribution in [1.29, 1.82) is 0 Å². The number of amides is 1. The number of carbonyl (C=O) groups excluding carboxylic acids is 1. The van der Waals surface area contributed by atoms with E-state index in [1.807, 2.05) is 43.1 Å². The standard InChI is InChI=1S/C19H28N2O2/c1-15(2)14-23-18-10-8-16(9-11-18)19(22)21(4)13-17-7-5-6-12-20(17)3/h8-11,17H,1,5-7,12-14H2,2-4H3. The van der Waals surface area contributed by atoms with Gasteiger partial charge in [-0.05, 0) is 63.2 Å². The van der Waals surface area contributed by atoms with Gasteiger partial charge < -0.3 is 14.5 Å². The molecule has 0 spiro atoms. The molecule has 1 aromatic carbocycles. The number of nitrogens with zero attached hydrogens (tertiary/aromatic N) is 2. The van der Waals surface area contributed by atoms with Gasteiger partial charge in [0, 0.05) is 25.2 Å². The predicted molar refractivity (Wildman–Crippen MR) is 94.0 cm³/mol. The van der Waals surface area contributed by atoms with Gasteiger partial charge in [-0.25, -0.2) is 0 Å². The van der Waals surface area contributed by atoms with Gasteiger partial charge in [-0.2, -0.15) is 0 Å². The number of piperidine rings is 1. The molecule has 0 N–H and O–H groups in total. The second-order valence-electron chi connectivity index (χ2n) is 6.59. The second kappa shape index (κ2) is 8.16. The summed E-state index contributed by atoms with van der Waals surface area (Å²) < 4.78 is 5.57. The van der Waals surface area contributed by atoms with Gasteiger partial charge in [0.2, 0.25) is 0 Å². The molecule has 0 radical (unpaired) electrons. The Bertz CT molecular complexity index is 539. The summed E-state index contributed by atoms with van der Waals surface area (Å²) in [5.41, 5.74) is 1.68. The minimum atomic E-state index is 0.0652. The van der Waals surface area contributed by atoms with Crippen molar-refractivity contribution in [3.05, 3.63) is 42.0 Å². The summed E-state index contributed by atoms with van der Waals surface area (Å²) in [5.74, 6) is 0.828. The number of carbonyl (C=O) groups is 1. The molecule has 4 heteroatoms. The number of likely N-dealkylation sites (N-methyl/N-ethyl adjacent to an activating group) is 2. The van der Waals surface area contributed by atoms with Crippen molar-refractivity contribution >= 4 is 5.91 Å². The summed E-state index contributed by atoms with van der Waals surface area (Å²) in [4.78, 5) is 16.7. The Morgan fingerprint density at radius 3 is 2.65 bits per heavy atom. The van der Waals surface area contributed by atoms with Crippen LogP contribution in [0.4, 0.5) is 0 Å². The smallest absolute Gasteiger partial charge is 0.253 e. The van der Waals surface area contributed by atoms with Crippen LogP contribution in [0.5, 0.6) is 5.75 Å². The minimum absolute atomic E-state index is 0.0652. The van der Waals surface area contributed by atoms with E-state index in [9.17, 15) is 4.79 Å².